The van der Waals surface area contributed by atoms with E-state index in [2.05, 4.69) is 20.5 Å². The summed E-state index contributed by atoms with van der Waals surface area (Å²) in [4.78, 5) is 46.1. The van der Waals surface area contributed by atoms with Gasteiger partial charge in [0.05, 0.1) is 41.6 Å². The van der Waals surface area contributed by atoms with Gasteiger partial charge in [0.15, 0.2) is 5.82 Å². The molecule has 0 saturated carbocycles. The number of aromatic nitrogens is 2. The highest BCUT2D eigenvalue weighted by molar-refractivity contribution is 6.13. The van der Waals surface area contributed by atoms with Crippen molar-refractivity contribution in [1.82, 2.24) is 9.55 Å². The van der Waals surface area contributed by atoms with Crippen molar-refractivity contribution in [2.24, 2.45) is 11.1 Å². The monoisotopic (exact) mass is 666 g/mol. The lowest BCUT2D eigenvalue weighted by molar-refractivity contribution is -0.137. The van der Waals surface area contributed by atoms with Crippen LogP contribution in [0.5, 0.6) is 0 Å². The van der Waals surface area contributed by atoms with E-state index in [0.717, 1.165) is 50.2 Å². The third kappa shape index (κ3) is 8.12. The fourth-order valence-electron chi connectivity index (χ4n) is 5.78. The second kappa shape index (κ2) is 14.9. The Kier molecular flexibility index (Phi) is 10.6. The van der Waals surface area contributed by atoms with Crippen molar-refractivity contribution in [3.63, 3.8) is 0 Å². The number of hydrogen-bond donors (Lipinski definition) is 4. The first-order valence-corrected chi connectivity index (χ1v) is 15.6. The zero-order chi connectivity index (χ0) is 34.3. The molecule has 5 N–H and O–H groups in total. The lowest BCUT2D eigenvalue weighted by Crippen LogP contribution is -2.39. The second-order valence-electron chi connectivity index (χ2n) is 11.7. The number of primary amides is 1. The molecule has 2 aliphatic rings. The molecule has 0 radical (unpaired) electrons. The molecule has 1 fully saturated rings. The fraction of sp³-hybridized carbons (Fsp3) is 0.353. The van der Waals surface area contributed by atoms with Gasteiger partial charge in [0, 0.05) is 36.6 Å². The van der Waals surface area contributed by atoms with Gasteiger partial charge >= 0.3 is 6.18 Å². The second-order valence-corrected chi connectivity index (χ2v) is 11.7. The number of amides is 3. The topological polar surface area (TPSA) is 152 Å². The number of allylic oxidation sites excluding steroid dienone is 2. The van der Waals surface area contributed by atoms with Gasteiger partial charge in [-0.15, -0.1) is 0 Å². The van der Waals surface area contributed by atoms with Crippen molar-refractivity contribution in [1.29, 1.82) is 0 Å². The van der Waals surface area contributed by atoms with Crippen LogP contribution in [-0.2, 0) is 20.5 Å². The molecule has 14 heteroatoms. The molecule has 1 saturated heterocycles. The first-order chi connectivity index (χ1) is 23.0. The van der Waals surface area contributed by atoms with Crippen LogP contribution in [0.3, 0.4) is 0 Å². The van der Waals surface area contributed by atoms with E-state index in [-0.39, 0.29) is 61.0 Å². The molecule has 254 valence electrons. The predicted octanol–water partition coefficient (Wildman–Crippen LogP) is 4.83. The largest absolute Gasteiger partial charge is 0.416 e. The highest BCUT2D eigenvalue weighted by atomic mass is 19.4. The standard InChI is InChI=1S/C34H37F3N6O5/c35-34(36,37)24-7-4-8-25(18-24)43-21-29(39-22-43)41-31(46)27-19-26(42-13-2-1-3-14-42)9-10-28(27)40-30(45)23-6-5-11-33(20-23,32(38)47)12-16-48-17-15-44/h4-11,18-19,21-22,44H,1-3,12-17,20H2,(H2,38,47)(H,40,45)(H,41,46). The van der Waals surface area contributed by atoms with Crippen molar-refractivity contribution >= 4 is 34.9 Å². The molecule has 2 aromatic carbocycles. The smallest absolute Gasteiger partial charge is 0.394 e. The van der Waals surface area contributed by atoms with Gasteiger partial charge in [-0.2, -0.15) is 13.2 Å². The fourth-order valence-corrected chi connectivity index (χ4v) is 5.78. The van der Waals surface area contributed by atoms with Gasteiger partial charge in [-0.05, 0) is 68.5 Å². The Hall–Kier alpha value is -4.95. The summed E-state index contributed by atoms with van der Waals surface area (Å²) in [6.45, 7) is 1.70. The Morgan fingerprint density at radius 2 is 1.79 bits per heavy atom. The molecule has 1 aromatic heterocycles. The third-order valence-corrected chi connectivity index (χ3v) is 8.44. The Morgan fingerprint density at radius 1 is 1.00 bits per heavy atom. The van der Waals surface area contributed by atoms with Gasteiger partial charge in [-0.25, -0.2) is 4.98 Å². The van der Waals surface area contributed by atoms with Gasteiger partial charge in [-0.3, -0.25) is 14.4 Å². The number of benzene rings is 2. The van der Waals surface area contributed by atoms with Crippen LogP contribution in [-0.4, -0.2) is 65.3 Å². The van der Waals surface area contributed by atoms with Gasteiger partial charge < -0.3 is 35.7 Å². The van der Waals surface area contributed by atoms with E-state index in [1.807, 2.05) is 6.07 Å². The number of halogens is 3. The van der Waals surface area contributed by atoms with E-state index < -0.39 is 34.9 Å². The number of carbonyl (C=O) groups is 3. The number of rotatable bonds is 12. The maximum atomic E-state index is 13.7. The van der Waals surface area contributed by atoms with Gasteiger partial charge in [0.25, 0.3) is 11.8 Å². The molecule has 48 heavy (non-hydrogen) atoms. The van der Waals surface area contributed by atoms with Crippen molar-refractivity contribution in [3.05, 3.63) is 89.9 Å². The average Bonchev–Trinajstić information content (AvgIpc) is 3.55. The zero-order valence-corrected chi connectivity index (χ0v) is 26.1. The maximum absolute atomic E-state index is 13.7. The van der Waals surface area contributed by atoms with Crippen LogP contribution in [0.1, 0.15) is 48.0 Å². The Morgan fingerprint density at radius 3 is 2.52 bits per heavy atom. The highest BCUT2D eigenvalue weighted by Crippen LogP contribution is 2.36. The molecule has 3 aromatic rings. The summed E-state index contributed by atoms with van der Waals surface area (Å²) in [7, 11) is 0. The van der Waals surface area contributed by atoms with E-state index in [1.54, 1.807) is 30.4 Å². The predicted molar refractivity (Wildman–Crippen MR) is 174 cm³/mol. The minimum atomic E-state index is -4.52. The minimum absolute atomic E-state index is 0.00746. The molecule has 0 bridgehead atoms. The molecule has 5 rings (SSSR count). The van der Waals surface area contributed by atoms with E-state index in [9.17, 15) is 27.6 Å². The number of anilines is 3. The average molecular weight is 667 g/mol. The van der Waals surface area contributed by atoms with Gasteiger partial charge in [0.1, 0.15) is 6.33 Å². The first-order valence-electron chi connectivity index (χ1n) is 15.6. The first kappa shape index (κ1) is 34.4. The normalized spacial score (nSPS) is 17.9. The molecule has 1 aliphatic heterocycles. The van der Waals surface area contributed by atoms with Crippen LogP contribution in [0.15, 0.2) is 78.8 Å². The number of carbonyl (C=O) groups excluding carboxylic acids is 3. The Bertz CT molecular complexity index is 1710. The molecule has 1 aliphatic carbocycles. The Balaban J connectivity index is 1.37. The van der Waals surface area contributed by atoms with E-state index in [4.69, 9.17) is 15.6 Å². The van der Waals surface area contributed by atoms with Crippen molar-refractivity contribution in [2.75, 3.05) is 48.4 Å². The van der Waals surface area contributed by atoms with E-state index >= 15 is 0 Å². The van der Waals surface area contributed by atoms with Crippen LogP contribution in [0, 0.1) is 5.41 Å². The summed E-state index contributed by atoms with van der Waals surface area (Å²) >= 11 is 0. The van der Waals surface area contributed by atoms with Gasteiger partial charge in [-0.1, -0.05) is 24.3 Å². The summed E-state index contributed by atoms with van der Waals surface area (Å²) < 4.78 is 46.5. The summed E-state index contributed by atoms with van der Waals surface area (Å²) in [5.41, 5.74) is 5.39. The van der Waals surface area contributed by atoms with Crippen molar-refractivity contribution in [2.45, 2.75) is 38.3 Å². The lowest BCUT2D eigenvalue weighted by atomic mass is 9.75. The molecule has 1 atom stereocenters. The molecule has 2 heterocycles. The van der Waals surface area contributed by atoms with Crippen LogP contribution >= 0.6 is 0 Å². The third-order valence-electron chi connectivity index (χ3n) is 8.44. The number of nitrogens with zero attached hydrogens (tertiary/aromatic N) is 3. The maximum Gasteiger partial charge on any atom is 0.416 e. The number of aliphatic hydroxyl groups excluding tert-OH is 1. The number of imidazole rings is 1. The number of nitrogens with two attached hydrogens (primary N) is 1. The molecule has 3 amide bonds. The van der Waals surface area contributed by atoms with Gasteiger partial charge in [0.2, 0.25) is 5.91 Å². The highest BCUT2D eigenvalue weighted by Gasteiger charge is 2.38. The SMILES string of the molecule is NC(=O)C1(CCOCCO)C=CC=C(C(=O)Nc2ccc(N3CCCCC3)cc2C(=O)Nc2cn(-c3cccc(C(F)(F)F)c3)cn2)C1. The van der Waals surface area contributed by atoms with E-state index in [0.29, 0.717) is 0 Å². The number of hydrogen-bond acceptors (Lipinski definition) is 7. The number of nitrogens with one attached hydrogen (secondary N) is 2. The summed E-state index contributed by atoms with van der Waals surface area (Å²) in [6, 6.07) is 9.86. The van der Waals surface area contributed by atoms with Crippen LogP contribution in [0.25, 0.3) is 5.69 Å². The summed E-state index contributed by atoms with van der Waals surface area (Å²) in [6.07, 6.45) is 6.29. The van der Waals surface area contributed by atoms with E-state index in [1.165, 1.54) is 29.2 Å². The summed E-state index contributed by atoms with van der Waals surface area (Å²) in [5, 5.41) is 14.5. The number of aliphatic hydroxyl groups is 1. The van der Waals surface area contributed by atoms with Crippen LogP contribution < -0.4 is 21.3 Å². The van der Waals surface area contributed by atoms with Crippen molar-refractivity contribution < 1.29 is 37.4 Å². The quantitative estimate of drug-likeness (QED) is 0.202. The molecule has 0 spiro atoms. The molecular formula is C34H37F3N6O5. The minimum Gasteiger partial charge on any atom is -0.394 e. The zero-order valence-electron chi connectivity index (χ0n) is 26.1. The number of alkyl halides is 3. The molecule has 11 nitrogen and oxygen atoms in total. The van der Waals surface area contributed by atoms with Crippen LogP contribution in [0.4, 0.5) is 30.4 Å². The Labute approximate surface area is 275 Å². The van der Waals surface area contributed by atoms with Crippen LogP contribution in [0.2, 0.25) is 0 Å². The summed E-state index contributed by atoms with van der Waals surface area (Å²) in [5.74, 6) is -1.66. The molecule has 1 unspecified atom stereocenters. The lowest BCUT2D eigenvalue weighted by Gasteiger charge is -2.30. The number of ether oxygens (including phenoxy) is 1. The number of piperidine rings is 1. The van der Waals surface area contributed by atoms with Crippen molar-refractivity contribution in [3.8, 4) is 5.69 Å². The molecular weight excluding hydrogens is 629 g/mol.